The monoisotopic (exact) mass is 410 g/mol. The summed E-state index contributed by atoms with van der Waals surface area (Å²) < 4.78 is 12.8. The van der Waals surface area contributed by atoms with Crippen molar-refractivity contribution >= 4 is 23.2 Å². The molecule has 7 nitrogen and oxygen atoms in total. The molecule has 0 aliphatic rings. The highest BCUT2D eigenvalue weighted by Crippen LogP contribution is 2.19. The molecule has 0 spiro atoms. The molecule has 0 aliphatic carbocycles. The van der Waals surface area contributed by atoms with Crippen molar-refractivity contribution in [3.8, 4) is 5.75 Å². The van der Waals surface area contributed by atoms with E-state index < -0.39 is 0 Å². The van der Waals surface area contributed by atoms with Crippen LogP contribution in [-0.2, 0) is 13.2 Å². The Morgan fingerprint density at radius 3 is 2.90 bits per heavy atom. The lowest BCUT2D eigenvalue weighted by atomic mass is 10.2. The minimum atomic E-state index is -0.206. The third-order valence-electron chi connectivity index (χ3n) is 4.56. The number of aryl methyl sites for hydroxylation is 2. The Morgan fingerprint density at radius 1 is 1.24 bits per heavy atom. The Hall–Kier alpha value is -3.32. The molecule has 0 bridgehead atoms. The number of carbonyl (C=O) groups is 1. The highest BCUT2D eigenvalue weighted by Gasteiger charge is 2.11. The van der Waals surface area contributed by atoms with Gasteiger partial charge in [-0.05, 0) is 44.2 Å². The Balaban J connectivity index is 1.40. The van der Waals surface area contributed by atoms with Crippen molar-refractivity contribution < 1.29 is 14.1 Å². The number of carbonyl (C=O) groups excluding carboxylic acids is 1. The zero-order chi connectivity index (χ0) is 20.4. The molecule has 29 heavy (non-hydrogen) atoms. The van der Waals surface area contributed by atoms with E-state index in [4.69, 9.17) is 20.9 Å². The lowest BCUT2D eigenvalue weighted by Gasteiger charge is -2.08. The highest BCUT2D eigenvalue weighted by atomic mass is 35.5. The van der Waals surface area contributed by atoms with Gasteiger partial charge in [-0.15, -0.1) is 0 Å². The number of pyridine rings is 1. The molecule has 0 saturated carbocycles. The Morgan fingerprint density at radius 2 is 2.10 bits per heavy atom. The molecule has 3 aromatic heterocycles. The molecule has 4 rings (SSSR count). The predicted molar refractivity (Wildman–Crippen MR) is 108 cm³/mol. The smallest absolute Gasteiger partial charge is 0.251 e. The second-order valence-electron chi connectivity index (χ2n) is 6.65. The summed E-state index contributed by atoms with van der Waals surface area (Å²) in [6.07, 6.45) is 3.61. The molecular weight excluding hydrogens is 392 g/mol. The van der Waals surface area contributed by atoms with Crippen molar-refractivity contribution in [3.05, 3.63) is 82.1 Å². The third kappa shape index (κ3) is 4.25. The lowest BCUT2D eigenvalue weighted by molar-refractivity contribution is 0.0950. The van der Waals surface area contributed by atoms with Crippen LogP contribution in [0.3, 0.4) is 0 Å². The zero-order valence-corrected chi connectivity index (χ0v) is 16.7. The van der Waals surface area contributed by atoms with Crippen molar-refractivity contribution in [3.63, 3.8) is 0 Å². The molecule has 0 unspecified atom stereocenters. The molecule has 4 aromatic rings. The van der Waals surface area contributed by atoms with Crippen LogP contribution >= 0.6 is 11.6 Å². The van der Waals surface area contributed by atoms with E-state index in [2.05, 4.69) is 15.5 Å². The van der Waals surface area contributed by atoms with Gasteiger partial charge in [0.05, 0.1) is 28.5 Å². The number of ether oxygens (including phenoxy) is 1. The van der Waals surface area contributed by atoms with Gasteiger partial charge in [0.1, 0.15) is 23.8 Å². The first kappa shape index (κ1) is 19.0. The van der Waals surface area contributed by atoms with E-state index in [9.17, 15) is 4.79 Å². The molecule has 1 N–H and O–H groups in total. The maximum Gasteiger partial charge on any atom is 0.251 e. The average molecular weight is 411 g/mol. The van der Waals surface area contributed by atoms with Gasteiger partial charge in [-0.25, -0.2) is 4.98 Å². The fourth-order valence-electron chi connectivity index (χ4n) is 2.97. The molecular formula is C21H19ClN4O3. The van der Waals surface area contributed by atoms with Gasteiger partial charge in [0.15, 0.2) is 0 Å². The van der Waals surface area contributed by atoms with E-state index in [1.807, 2.05) is 30.5 Å². The van der Waals surface area contributed by atoms with Gasteiger partial charge in [-0.3, -0.25) is 4.79 Å². The number of fused-ring (bicyclic) bond motifs is 1. The van der Waals surface area contributed by atoms with Crippen molar-refractivity contribution in [2.75, 3.05) is 0 Å². The van der Waals surface area contributed by atoms with Gasteiger partial charge in [0, 0.05) is 18.0 Å². The SMILES string of the molecule is Cc1noc(C)c1COc1cccc(C(=O)NCc2cn3cc(Cl)ccc3n2)c1. The van der Waals surface area contributed by atoms with Gasteiger partial charge >= 0.3 is 0 Å². The first-order valence-electron chi connectivity index (χ1n) is 9.05. The minimum Gasteiger partial charge on any atom is -0.489 e. The summed E-state index contributed by atoms with van der Waals surface area (Å²) >= 11 is 5.99. The zero-order valence-electron chi connectivity index (χ0n) is 16.0. The molecule has 0 radical (unpaired) electrons. The van der Waals surface area contributed by atoms with Crippen molar-refractivity contribution in [2.45, 2.75) is 27.0 Å². The number of aromatic nitrogens is 3. The van der Waals surface area contributed by atoms with E-state index >= 15 is 0 Å². The minimum absolute atomic E-state index is 0.206. The standard InChI is InChI=1S/C21H19ClN4O3/c1-13-19(14(2)29-25-13)12-28-18-5-3-4-15(8-18)21(27)23-9-17-11-26-10-16(22)6-7-20(26)24-17/h3-8,10-11H,9,12H2,1-2H3,(H,23,27). The molecule has 0 atom stereocenters. The molecule has 148 valence electrons. The van der Waals surface area contributed by atoms with Gasteiger partial charge < -0.3 is 19.0 Å². The van der Waals surface area contributed by atoms with Crippen LogP contribution < -0.4 is 10.1 Å². The molecule has 0 fully saturated rings. The number of amides is 1. The van der Waals surface area contributed by atoms with E-state index in [-0.39, 0.29) is 5.91 Å². The first-order valence-corrected chi connectivity index (χ1v) is 9.43. The number of nitrogens with one attached hydrogen (secondary N) is 1. The number of hydrogen-bond acceptors (Lipinski definition) is 5. The van der Waals surface area contributed by atoms with Crippen molar-refractivity contribution in [1.82, 2.24) is 19.9 Å². The van der Waals surface area contributed by atoms with Crippen LogP contribution in [0.1, 0.15) is 33.1 Å². The van der Waals surface area contributed by atoms with E-state index in [0.29, 0.717) is 29.5 Å². The first-order chi connectivity index (χ1) is 14.0. The molecule has 0 aliphatic heterocycles. The summed E-state index contributed by atoms with van der Waals surface area (Å²) in [7, 11) is 0. The van der Waals surface area contributed by atoms with Crippen LogP contribution in [-0.4, -0.2) is 20.4 Å². The summed E-state index contributed by atoms with van der Waals surface area (Å²) in [5, 5.41) is 7.42. The van der Waals surface area contributed by atoms with Crippen molar-refractivity contribution in [2.24, 2.45) is 0 Å². The Labute approximate surface area is 172 Å². The van der Waals surface area contributed by atoms with Crippen LogP contribution in [0, 0.1) is 13.8 Å². The average Bonchev–Trinajstić information content (AvgIpc) is 3.26. The summed E-state index contributed by atoms with van der Waals surface area (Å²) in [4.78, 5) is 17.0. The van der Waals surface area contributed by atoms with Crippen LogP contribution in [0.5, 0.6) is 5.75 Å². The van der Waals surface area contributed by atoms with Gasteiger partial charge in [-0.2, -0.15) is 0 Å². The van der Waals surface area contributed by atoms with E-state index in [1.54, 1.807) is 36.5 Å². The van der Waals surface area contributed by atoms with Crippen LogP contribution in [0.2, 0.25) is 5.02 Å². The maximum absolute atomic E-state index is 12.5. The number of nitrogens with zero attached hydrogens (tertiary/aromatic N) is 3. The normalized spacial score (nSPS) is 11.0. The van der Waals surface area contributed by atoms with Gasteiger partial charge in [0.25, 0.3) is 5.91 Å². The fourth-order valence-corrected chi connectivity index (χ4v) is 3.13. The second-order valence-corrected chi connectivity index (χ2v) is 7.08. The molecule has 8 heteroatoms. The lowest BCUT2D eigenvalue weighted by Crippen LogP contribution is -2.22. The molecule has 3 heterocycles. The number of hydrogen-bond donors (Lipinski definition) is 1. The Kier molecular flexibility index (Phi) is 5.22. The predicted octanol–water partition coefficient (Wildman–Crippen LogP) is 4.10. The number of halogens is 1. The van der Waals surface area contributed by atoms with E-state index in [1.165, 1.54) is 0 Å². The largest absolute Gasteiger partial charge is 0.489 e. The van der Waals surface area contributed by atoms with E-state index in [0.717, 1.165) is 28.4 Å². The summed E-state index contributed by atoms with van der Waals surface area (Å²) in [6.45, 7) is 4.35. The summed E-state index contributed by atoms with van der Waals surface area (Å²) in [5.74, 6) is 1.12. The topological polar surface area (TPSA) is 81.7 Å². The number of imidazole rings is 1. The van der Waals surface area contributed by atoms with Gasteiger partial charge in [-0.1, -0.05) is 22.8 Å². The third-order valence-corrected chi connectivity index (χ3v) is 4.78. The summed E-state index contributed by atoms with van der Waals surface area (Å²) in [6, 6.07) is 10.6. The maximum atomic E-state index is 12.5. The van der Waals surface area contributed by atoms with Crippen LogP contribution in [0.25, 0.3) is 5.65 Å². The Bertz CT molecular complexity index is 1160. The van der Waals surface area contributed by atoms with Crippen molar-refractivity contribution in [1.29, 1.82) is 0 Å². The quantitative estimate of drug-likeness (QED) is 0.517. The molecule has 1 amide bonds. The number of rotatable bonds is 6. The molecule has 0 saturated heterocycles. The number of benzene rings is 1. The molecule has 1 aromatic carbocycles. The second kappa shape index (κ2) is 7.97. The van der Waals surface area contributed by atoms with Gasteiger partial charge in [0.2, 0.25) is 0 Å². The fraction of sp³-hybridized carbons (Fsp3) is 0.190. The highest BCUT2D eigenvalue weighted by molar-refractivity contribution is 6.30. The van der Waals surface area contributed by atoms with Crippen LogP contribution in [0.15, 0.2) is 53.3 Å². The van der Waals surface area contributed by atoms with Crippen LogP contribution in [0.4, 0.5) is 0 Å². The summed E-state index contributed by atoms with van der Waals surface area (Å²) in [5.41, 5.74) is 3.73.